The van der Waals surface area contributed by atoms with Gasteiger partial charge in [0.05, 0.1) is 23.1 Å². The third kappa shape index (κ3) is 2.32. The largest absolute Gasteiger partial charge is 0.397 e. The third-order valence-electron chi connectivity index (χ3n) is 2.75. The molecule has 4 nitrogen and oxygen atoms in total. The van der Waals surface area contributed by atoms with E-state index in [0.29, 0.717) is 22.1 Å². The third-order valence-corrected chi connectivity index (χ3v) is 2.97. The van der Waals surface area contributed by atoms with Crippen molar-refractivity contribution in [3.63, 3.8) is 0 Å². The summed E-state index contributed by atoms with van der Waals surface area (Å²) in [5, 5.41) is 11.1. The van der Waals surface area contributed by atoms with Crippen LogP contribution < -0.4 is 11.1 Å². The van der Waals surface area contributed by atoms with E-state index in [9.17, 15) is 4.39 Å². The maximum Gasteiger partial charge on any atom is 0.126 e. The molecule has 0 unspecified atom stereocenters. The van der Waals surface area contributed by atoms with E-state index in [1.54, 1.807) is 18.3 Å². The number of nitrogens with two attached hydrogens (primary N) is 1. The maximum absolute atomic E-state index is 13.3. The summed E-state index contributed by atoms with van der Waals surface area (Å²) in [6.45, 7) is 0. The molecule has 0 radical (unpaired) electrons. The van der Waals surface area contributed by atoms with Crippen molar-refractivity contribution in [1.82, 2.24) is 10.2 Å². The Kier molecular flexibility index (Phi) is 2.76. The van der Waals surface area contributed by atoms with Gasteiger partial charge in [0, 0.05) is 16.1 Å². The molecule has 0 amide bonds. The molecular weight excluding hydrogens is 267 g/mol. The first-order valence-corrected chi connectivity index (χ1v) is 5.95. The molecule has 0 atom stereocenters. The van der Waals surface area contributed by atoms with Crippen molar-refractivity contribution in [3.8, 4) is 0 Å². The van der Waals surface area contributed by atoms with Crippen LogP contribution in [-0.4, -0.2) is 10.2 Å². The number of halogens is 2. The number of aromatic amines is 1. The van der Waals surface area contributed by atoms with Crippen LogP contribution in [0.5, 0.6) is 0 Å². The molecule has 0 fully saturated rings. The first-order valence-electron chi connectivity index (χ1n) is 5.57. The molecule has 19 heavy (non-hydrogen) atoms. The number of hydrogen-bond acceptors (Lipinski definition) is 3. The molecule has 0 aliphatic heterocycles. The predicted molar refractivity (Wildman–Crippen MR) is 75.2 cm³/mol. The Bertz CT molecular complexity index is 733. The van der Waals surface area contributed by atoms with Crippen LogP contribution in [0.25, 0.3) is 10.9 Å². The Hall–Kier alpha value is -2.27. The molecule has 96 valence electrons. The molecule has 0 aliphatic rings. The lowest BCUT2D eigenvalue weighted by Crippen LogP contribution is -1.96. The quantitative estimate of drug-likeness (QED) is 0.626. The second kappa shape index (κ2) is 4.44. The molecule has 0 spiro atoms. The zero-order valence-corrected chi connectivity index (χ0v) is 10.5. The highest BCUT2D eigenvalue weighted by Crippen LogP contribution is 2.29. The van der Waals surface area contributed by atoms with E-state index in [0.717, 1.165) is 10.9 Å². The molecule has 3 rings (SSSR count). The van der Waals surface area contributed by atoms with Crippen LogP contribution in [0, 0.1) is 5.82 Å². The number of rotatable bonds is 2. The van der Waals surface area contributed by atoms with Gasteiger partial charge in [-0.2, -0.15) is 5.10 Å². The van der Waals surface area contributed by atoms with E-state index in [-0.39, 0.29) is 0 Å². The lowest BCUT2D eigenvalue weighted by Gasteiger charge is -2.10. The molecule has 0 saturated heterocycles. The lowest BCUT2D eigenvalue weighted by molar-refractivity contribution is 0.628. The number of nitrogens with zero attached hydrogens (tertiary/aromatic N) is 1. The normalized spacial score (nSPS) is 10.8. The number of nitrogens with one attached hydrogen (secondary N) is 2. The SMILES string of the molecule is Nc1cc2cn[nH]c2cc1Nc1cc(F)cc(Cl)c1. The van der Waals surface area contributed by atoms with Gasteiger partial charge in [-0.3, -0.25) is 5.10 Å². The van der Waals surface area contributed by atoms with Gasteiger partial charge in [-0.15, -0.1) is 0 Å². The van der Waals surface area contributed by atoms with Crippen molar-refractivity contribution >= 4 is 39.6 Å². The molecule has 1 aromatic heterocycles. The van der Waals surface area contributed by atoms with Gasteiger partial charge >= 0.3 is 0 Å². The minimum Gasteiger partial charge on any atom is -0.397 e. The van der Waals surface area contributed by atoms with Gasteiger partial charge in [0.1, 0.15) is 5.82 Å². The van der Waals surface area contributed by atoms with Crippen LogP contribution in [0.15, 0.2) is 36.5 Å². The highest BCUT2D eigenvalue weighted by Gasteiger charge is 2.05. The van der Waals surface area contributed by atoms with Crippen molar-refractivity contribution in [2.45, 2.75) is 0 Å². The van der Waals surface area contributed by atoms with Crippen molar-refractivity contribution in [2.75, 3.05) is 11.1 Å². The Morgan fingerprint density at radius 3 is 2.84 bits per heavy atom. The lowest BCUT2D eigenvalue weighted by atomic mass is 10.2. The fourth-order valence-corrected chi connectivity index (χ4v) is 2.12. The number of aromatic nitrogens is 2. The summed E-state index contributed by atoms with van der Waals surface area (Å²) in [4.78, 5) is 0. The maximum atomic E-state index is 13.3. The second-order valence-corrected chi connectivity index (χ2v) is 4.62. The van der Waals surface area contributed by atoms with Crippen LogP contribution in [0.2, 0.25) is 5.02 Å². The summed E-state index contributed by atoms with van der Waals surface area (Å²) >= 11 is 5.81. The van der Waals surface area contributed by atoms with Crippen LogP contribution in [0.4, 0.5) is 21.5 Å². The van der Waals surface area contributed by atoms with Crippen LogP contribution >= 0.6 is 11.6 Å². The van der Waals surface area contributed by atoms with Gasteiger partial charge in [0.15, 0.2) is 0 Å². The molecule has 0 aliphatic carbocycles. The Labute approximate surface area is 113 Å². The smallest absolute Gasteiger partial charge is 0.126 e. The molecule has 6 heteroatoms. The van der Waals surface area contributed by atoms with E-state index in [2.05, 4.69) is 15.5 Å². The zero-order valence-electron chi connectivity index (χ0n) is 9.74. The molecule has 0 saturated carbocycles. The van der Waals surface area contributed by atoms with E-state index in [4.69, 9.17) is 17.3 Å². The predicted octanol–water partition coefficient (Wildman–Crippen LogP) is 3.68. The van der Waals surface area contributed by atoms with E-state index in [1.165, 1.54) is 12.1 Å². The highest BCUT2D eigenvalue weighted by molar-refractivity contribution is 6.30. The first kappa shape index (κ1) is 11.8. The molecule has 0 bridgehead atoms. The monoisotopic (exact) mass is 276 g/mol. The zero-order chi connectivity index (χ0) is 13.4. The summed E-state index contributed by atoms with van der Waals surface area (Å²) in [6.07, 6.45) is 1.69. The number of fused-ring (bicyclic) bond motifs is 1. The Morgan fingerprint density at radius 1 is 1.21 bits per heavy atom. The van der Waals surface area contributed by atoms with Gasteiger partial charge < -0.3 is 11.1 Å². The number of benzene rings is 2. The van der Waals surface area contributed by atoms with E-state index < -0.39 is 5.82 Å². The molecule has 2 aromatic carbocycles. The molecule has 1 heterocycles. The van der Waals surface area contributed by atoms with Crippen molar-refractivity contribution in [1.29, 1.82) is 0 Å². The molecule has 3 aromatic rings. The first-order chi connectivity index (χ1) is 9.11. The van der Waals surface area contributed by atoms with Gasteiger partial charge in [0.25, 0.3) is 0 Å². The van der Waals surface area contributed by atoms with E-state index >= 15 is 0 Å². The summed E-state index contributed by atoms with van der Waals surface area (Å²) in [7, 11) is 0. The Morgan fingerprint density at radius 2 is 2.05 bits per heavy atom. The standard InChI is InChI=1S/C13H10ClFN4/c14-8-2-9(15)4-10(3-8)18-13-5-12-7(1-11(13)16)6-17-19-12/h1-6,18H,16H2,(H,17,19). The number of H-pyrrole nitrogens is 1. The van der Waals surface area contributed by atoms with Gasteiger partial charge in [-0.1, -0.05) is 11.6 Å². The molecular formula is C13H10ClFN4. The van der Waals surface area contributed by atoms with Gasteiger partial charge in [0.2, 0.25) is 0 Å². The number of hydrogen-bond donors (Lipinski definition) is 3. The van der Waals surface area contributed by atoms with Crippen LogP contribution in [-0.2, 0) is 0 Å². The van der Waals surface area contributed by atoms with Crippen molar-refractivity contribution in [3.05, 3.63) is 47.4 Å². The summed E-state index contributed by atoms with van der Waals surface area (Å²) in [5.74, 6) is -0.406. The van der Waals surface area contributed by atoms with Crippen LogP contribution in [0.3, 0.4) is 0 Å². The van der Waals surface area contributed by atoms with Gasteiger partial charge in [-0.25, -0.2) is 4.39 Å². The minimum atomic E-state index is -0.406. The van der Waals surface area contributed by atoms with Crippen molar-refractivity contribution in [2.24, 2.45) is 0 Å². The van der Waals surface area contributed by atoms with Gasteiger partial charge in [-0.05, 0) is 30.3 Å². The highest BCUT2D eigenvalue weighted by atomic mass is 35.5. The average Bonchev–Trinajstić information content (AvgIpc) is 2.75. The molecule has 4 N–H and O–H groups in total. The second-order valence-electron chi connectivity index (χ2n) is 4.18. The number of anilines is 3. The fourth-order valence-electron chi connectivity index (χ4n) is 1.90. The fraction of sp³-hybridized carbons (Fsp3) is 0. The Balaban J connectivity index is 2.02. The minimum absolute atomic E-state index is 0.323. The topological polar surface area (TPSA) is 66.7 Å². The summed E-state index contributed by atoms with van der Waals surface area (Å²) in [5.41, 5.74) is 8.54. The summed E-state index contributed by atoms with van der Waals surface area (Å²) in [6, 6.07) is 7.83. The van der Waals surface area contributed by atoms with Crippen molar-refractivity contribution < 1.29 is 4.39 Å². The van der Waals surface area contributed by atoms with E-state index in [1.807, 2.05) is 6.07 Å². The summed E-state index contributed by atoms with van der Waals surface area (Å²) < 4.78 is 13.3. The average molecular weight is 277 g/mol. The number of nitrogen functional groups attached to an aromatic ring is 1. The van der Waals surface area contributed by atoms with Crippen LogP contribution in [0.1, 0.15) is 0 Å².